The molecule has 0 spiro atoms. The third-order valence-electron chi connectivity index (χ3n) is 7.24. The van der Waals surface area contributed by atoms with Gasteiger partial charge in [0, 0.05) is 31.3 Å². The van der Waals surface area contributed by atoms with Gasteiger partial charge in [-0.3, -0.25) is 4.79 Å². The summed E-state index contributed by atoms with van der Waals surface area (Å²) >= 11 is 1.53. The van der Waals surface area contributed by atoms with Crippen LogP contribution >= 0.6 is 11.8 Å². The molecule has 1 aliphatic heterocycles. The van der Waals surface area contributed by atoms with E-state index in [4.69, 9.17) is 14.2 Å². The topological polar surface area (TPSA) is 150 Å². The number of nitrogens with one attached hydrogen (secondary N) is 2. The van der Waals surface area contributed by atoms with Crippen LogP contribution in [0.5, 0.6) is 0 Å². The number of aliphatic hydroxyl groups is 1. The maximum atomic E-state index is 12.2. The van der Waals surface area contributed by atoms with Crippen molar-refractivity contribution in [2.45, 2.75) is 50.2 Å². The third-order valence-corrected chi connectivity index (χ3v) is 8.39. The Morgan fingerprint density at radius 3 is 2.49 bits per heavy atom. The Hall–Kier alpha value is -4.30. The number of nitrogens with zero attached hydrogens (tertiary/aromatic N) is 4. The fourth-order valence-corrected chi connectivity index (χ4v) is 5.78. The Balaban J connectivity index is 1.28. The number of esters is 1. The summed E-state index contributed by atoms with van der Waals surface area (Å²) < 4.78 is 19.4. The van der Waals surface area contributed by atoms with E-state index in [1.165, 1.54) is 11.8 Å². The van der Waals surface area contributed by atoms with Gasteiger partial charge in [-0.25, -0.2) is 9.48 Å². The van der Waals surface area contributed by atoms with E-state index in [9.17, 15) is 14.7 Å². The van der Waals surface area contributed by atoms with E-state index in [1.807, 2.05) is 72.8 Å². The van der Waals surface area contributed by atoms with Crippen LogP contribution in [0, 0.1) is 0 Å². The predicted molar refractivity (Wildman–Crippen MR) is 167 cm³/mol. The number of rotatable bonds is 12. The van der Waals surface area contributed by atoms with Crippen molar-refractivity contribution in [2.75, 3.05) is 18.9 Å². The van der Waals surface area contributed by atoms with Crippen LogP contribution < -0.4 is 10.6 Å². The smallest absolute Gasteiger partial charge is 0.325 e. The van der Waals surface area contributed by atoms with Crippen molar-refractivity contribution in [3.63, 3.8) is 0 Å². The number of hydrogen-bond acceptors (Lipinski definition) is 10. The molecule has 0 aliphatic carbocycles. The minimum atomic E-state index is -0.599. The molecular weight excluding hydrogens is 596 g/mol. The zero-order chi connectivity index (χ0) is 31.6. The maximum Gasteiger partial charge on any atom is 0.325 e. The number of benzene rings is 3. The number of amides is 2. The molecule has 236 valence electrons. The summed E-state index contributed by atoms with van der Waals surface area (Å²) in [5, 5.41) is 27.2. The number of aliphatic hydroxyl groups excluding tert-OH is 1. The molecular formula is C32H36N6O6S. The number of aromatic nitrogens is 4. The highest BCUT2D eigenvalue weighted by Gasteiger charge is 2.32. The van der Waals surface area contributed by atoms with Crippen LogP contribution in [0.4, 0.5) is 4.79 Å². The first-order chi connectivity index (χ1) is 21.9. The molecule has 1 aliphatic rings. The second-order valence-corrected chi connectivity index (χ2v) is 11.4. The fourth-order valence-electron chi connectivity index (χ4n) is 4.91. The lowest BCUT2D eigenvalue weighted by molar-refractivity contribution is -0.245. The van der Waals surface area contributed by atoms with Crippen molar-refractivity contribution in [1.29, 1.82) is 0 Å². The molecule has 1 fully saturated rings. The third kappa shape index (κ3) is 8.66. The van der Waals surface area contributed by atoms with E-state index < -0.39 is 18.3 Å². The summed E-state index contributed by atoms with van der Waals surface area (Å²) in [5.74, 6) is 0.156. The van der Waals surface area contributed by atoms with Crippen LogP contribution in [0.2, 0.25) is 0 Å². The van der Waals surface area contributed by atoms with E-state index in [0.29, 0.717) is 17.3 Å². The first-order valence-electron chi connectivity index (χ1n) is 14.6. The zero-order valence-electron chi connectivity index (χ0n) is 25.1. The van der Waals surface area contributed by atoms with Gasteiger partial charge in [-0.15, -0.1) is 5.10 Å². The number of carbonyl (C=O) groups excluding carboxylic acids is 2. The van der Waals surface area contributed by atoms with Gasteiger partial charge < -0.3 is 30.0 Å². The van der Waals surface area contributed by atoms with Crippen LogP contribution in [0.15, 0.2) is 78.0 Å². The second-order valence-electron chi connectivity index (χ2n) is 10.4. The molecule has 3 atom stereocenters. The monoisotopic (exact) mass is 632 g/mol. The Morgan fingerprint density at radius 1 is 1.02 bits per heavy atom. The number of aryl methyl sites for hydroxylation is 1. The van der Waals surface area contributed by atoms with Crippen LogP contribution in [0.3, 0.4) is 0 Å². The Bertz CT molecular complexity index is 1570. The lowest BCUT2D eigenvalue weighted by Crippen LogP contribution is -2.38. The zero-order valence-corrected chi connectivity index (χ0v) is 25.9. The fraction of sp³-hybridized carbons (Fsp3) is 0.344. The summed E-state index contributed by atoms with van der Waals surface area (Å²) in [6.07, 6.45) is -0.284. The Labute approximate surface area is 265 Å². The van der Waals surface area contributed by atoms with Crippen molar-refractivity contribution in [3.8, 4) is 11.1 Å². The van der Waals surface area contributed by atoms with Crippen LogP contribution in [-0.4, -0.2) is 62.3 Å². The number of urea groups is 1. The van der Waals surface area contributed by atoms with Gasteiger partial charge >= 0.3 is 12.0 Å². The number of ether oxygens (including phenoxy) is 3. The van der Waals surface area contributed by atoms with E-state index in [1.54, 1.807) is 18.7 Å². The Kier molecular flexibility index (Phi) is 11.1. The standard InChI is InChI=1S/C32H36N6O6S/c1-3-42-29(40)18-34-31(41)33-17-25-6-4-5-7-27(25)22-12-14-24(15-13-22)30-43-26(20-45-32-35-36-37-38(32)2)16-28(44-30)23-10-8-21(19-39)9-11-23/h4-15,26,28,30,39H,3,16-20H2,1-2H3,(H2,33,34,41)/t26-,28+,30+/m0/s1. The molecule has 2 amide bonds. The van der Waals surface area contributed by atoms with Gasteiger partial charge in [0.15, 0.2) is 6.29 Å². The van der Waals surface area contributed by atoms with Crippen molar-refractivity contribution < 1.29 is 28.9 Å². The van der Waals surface area contributed by atoms with Gasteiger partial charge in [0.1, 0.15) is 6.54 Å². The molecule has 13 heteroatoms. The van der Waals surface area contributed by atoms with Crippen molar-refractivity contribution in [3.05, 3.63) is 95.1 Å². The summed E-state index contributed by atoms with van der Waals surface area (Å²) in [6, 6.07) is 23.1. The molecule has 0 radical (unpaired) electrons. The second kappa shape index (κ2) is 15.6. The lowest BCUT2D eigenvalue weighted by atomic mass is 9.98. The summed E-state index contributed by atoms with van der Waals surface area (Å²) in [4.78, 5) is 23.8. The highest BCUT2D eigenvalue weighted by atomic mass is 32.2. The normalized spacial score (nSPS) is 17.9. The van der Waals surface area contributed by atoms with Gasteiger partial charge in [-0.2, -0.15) is 0 Å². The highest BCUT2D eigenvalue weighted by Crippen LogP contribution is 2.39. The average molecular weight is 633 g/mol. The van der Waals surface area contributed by atoms with E-state index >= 15 is 0 Å². The first-order valence-corrected chi connectivity index (χ1v) is 15.6. The molecule has 2 heterocycles. The van der Waals surface area contributed by atoms with Gasteiger partial charge in [-0.1, -0.05) is 84.6 Å². The largest absolute Gasteiger partial charge is 0.465 e. The van der Waals surface area contributed by atoms with Crippen molar-refractivity contribution in [2.24, 2.45) is 7.05 Å². The van der Waals surface area contributed by atoms with Crippen LogP contribution in [0.25, 0.3) is 11.1 Å². The number of tetrazole rings is 1. The van der Waals surface area contributed by atoms with Gasteiger partial charge in [0.2, 0.25) is 5.16 Å². The van der Waals surface area contributed by atoms with Gasteiger partial charge in [0.25, 0.3) is 0 Å². The number of hydrogen-bond donors (Lipinski definition) is 3. The molecule has 1 saturated heterocycles. The first kappa shape index (κ1) is 32.1. The molecule has 12 nitrogen and oxygen atoms in total. The summed E-state index contributed by atoms with van der Waals surface area (Å²) in [6.45, 7) is 2.04. The highest BCUT2D eigenvalue weighted by molar-refractivity contribution is 7.99. The molecule has 4 aromatic rings. The molecule has 3 N–H and O–H groups in total. The lowest BCUT2D eigenvalue weighted by Gasteiger charge is -2.36. The van der Waals surface area contributed by atoms with E-state index in [-0.39, 0.29) is 38.5 Å². The van der Waals surface area contributed by atoms with Crippen molar-refractivity contribution >= 4 is 23.8 Å². The Morgan fingerprint density at radius 2 is 1.78 bits per heavy atom. The minimum Gasteiger partial charge on any atom is -0.465 e. The maximum absolute atomic E-state index is 12.2. The van der Waals surface area contributed by atoms with E-state index in [2.05, 4.69) is 26.2 Å². The number of thioether (sulfide) groups is 1. The SMILES string of the molecule is CCOC(=O)CNC(=O)NCc1ccccc1-c1ccc([C@@H]2O[C@H](CSc3nnnn3C)C[C@H](c3ccc(CO)cc3)O2)cc1. The molecule has 0 saturated carbocycles. The predicted octanol–water partition coefficient (Wildman–Crippen LogP) is 4.07. The number of carbonyl (C=O) groups is 2. The molecule has 0 bridgehead atoms. The van der Waals surface area contributed by atoms with Gasteiger partial charge in [0.05, 0.1) is 25.4 Å². The van der Waals surface area contributed by atoms with Crippen molar-refractivity contribution in [1.82, 2.24) is 30.8 Å². The molecule has 3 aromatic carbocycles. The molecule has 45 heavy (non-hydrogen) atoms. The van der Waals surface area contributed by atoms with Crippen LogP contribution in [-0.2, 0) is 39.2 Å². The average Bonchev–Trinajstić information content (AvgIpc) is 3.50. The summed E-state index contributed by atoms with van der Waals surface area (Å²) in [7, 11) is 1.80. The molecule has 0 unspecified atom stereocenters. The van der Waals surface area contributed by atoms with Gasteiger partial charge in [-0.05, 0) is 45.2 Å². The summed E-state index contributed by atoms with van der Waals surface area (Å²) in [5.41, 5.74) is 5.58. The quantitative estimate of drug-likeness (QED) is 0.154. The molecule has 1 aromatic heterocycles. The minimum absolute atomic E-state index is 0.0171. The van der Waals surface area contributed by atoms with Crippen LogP contribution in [0.1, 0.15) is 48.0 Å². The molecule has 5 rings (SSSR count). The van der Waals surface area contributed by atoms with E-state index in [0.717, 1.165) is 33.4 Å².